The van der Waals surface area contributed by atoms with Gasteiger partial charge in [0.15, 0.2) is 6.61 Å². The summed E-state index contributed by atoms with van der Waals surface area (Å²) in [4.78, 5) is 23.3. The van der Waals surface area contributed by atoms with Crippen LogP contribution in [0.3, 0.4) is 0 Å². The predicted molar refractivity (Wildman–Crippen MR) is 107 cm³/mol. The number of rotatable bonds is 9. The Bertz CT molecular complexity index is 779. The molecule has 0 aliphatic heterocycles. The third-order valence-corrected chi connectivity index (χ3v) is 4.77. The van der Waals surface area contributed by atoms with Gasteiger partial charge in [0.2, 0.25) is 0 Å². The second-order valence-corrected chi connectivity index (χ2v) is 6.98. The molecule has 1 N–H and O–H groups in total. The maximum Gasteiger partial charge on any atom is 0.331 e. The van der Waals surface area contributed by atoms with Crippen LogP contribution in [0.5, 0.6) is 0 Å². The van der Waals surface area contributed by atoms with Crippen LogP contribution >= 0.6 is 23.4 Å². The number of halogens is 2. The second kappa shape index (κ2) is 11.4. The van der Waals surface area contributed by atoms with E-state index in [0.717, 1.165) is 17.6 Å². The largest absolute Gasteiger partial charge is 0.452 e. The summed E-state index contributed by atoms with van der Waals surface area (Å²) in [7, 11) is 0. The molecule has 0 heterocycles. The molecule has 0 aromatic heterocycles. The van der Waals surface area contributed by atoms with Crippen molar-refractivity contribution in [2.75, 3.05) is 18.9 Å². The van der Waals surface area contributed by atoms with E-state index in [-0.39, 0.29) is 16.5 Å². The Morgan fingerprint density at radius 2 is 1.93 bits per heavy atom. The van der Waals surface area contributed by atoms with Gasteiger partial charge in [-0.1, -0.05) is 48.0 Å². The third-order valence-electron chi connectivity index (χ3n) is 3.41. The molecular weight excluding hydrogens is 389 g/mol. The molecule has 0 spiro atoms. The van der Waals surface area contributed by atoms with Crippen molar-refractivity contribution in [2.24, 2.45) is 0 Å². The number of carbonyl (C=O) groups is 2. The molecule has 0 bridgehead atoms. The standard InChI is InChI=1S/C20H19ClFNO3S/c21-17-7-4-8-18(22)16(17)9-10-20(25)26-13-19(24)23-11-12-27-14-15-5-2-1-3-6-15/h1-10H,11-14H2,(H,23,24)/b10-9+. The van der Waals surface area contributed by atoms with Gasteiger partial charge in [0.05, 0.1) is 5.02 Å². The van der Waals surface area contributed by atoms with E-state index in [2.05, 4.69) is 5.32 Å². The first-order valence-electron chi connectivity index (χ1n) is 8.23. The molecule has 1 amide bonds. The maximum absolute atomic E-state index is 13.6. The zero-order chi connectivity index (χ0) is 19.5. The summed E-state index contributed by atoms with van der Waals surface area (Å²) < 4.78 is 18.4. The first-order valence-corrected chi connectivity index (χ1v) is 9.77. The van der Waals surface area contributed by atoms with Crippen LogP contribution in [-0.4, -0.2) is 30.8 Å². The number of carbonyl (C=O) groups excluding carboxylic acids is 2. The van der Waals surface area contributed by atoms with Crippen molar-refractivity contribution in [2.45, 2.75) is 5.75 Å². The number of esters is 1. The third kappa shape index (κ3) is 7.85. The summed E-state index contributed by atoms with van der Waals surface area (Å²) >= 11 is 7.55. The molecule has 2 rings (SSSR count). The molecular formula is C20H19ClFNO3S. The van der Waals surface area contributed by atoms with Crippen molar-refractivity contribution in [1.82, 2.24) is 5.32 Å². The molecule has 7 heteroatoms. The van der Waals surface area contributed by atoms with Crippen molar-refractivity contribution in [3.8, 4) is 0 Å². The summed E-state index contributed by atoms with van der Waals surface area (Å²) in [6.45, 7) is 0.0894. The van der Waals surface area contributed by atoms with Crippen molar-refractivity contribution < 1.29 is 18.7 Å². The van der Waals surface area contributed by atoms with Gasteiger partial charge in [0.1, 0.15) is 5.82 Å². The Morgan fingerprint density at radius 1 is 1.15 bits per heavy atom. The molecule has 27 heavy (non-hydrogen) atoms. The molecule has 0 saturated carbocycles. The van der Waals surface area contributed by atoms with Crippen LogP contribution in [0, 0.1) is 5.82 Å². The van der Waals surface area contributed by atoms with Gasteiger partial charge in [-0.15, -0.1) is 0 Å². The SMILES string of the molecule is O=C(COC(=O)/C=C/c1c(F)cccc1Cl)NCCSCc1ccccc1. The summed E-state index contributed by atoms with van der Waals surface area (Å²) in [6.07, 6.45) is 2.26. The molecule has 0 aliphatic rings. The summed E-state index contributed by atoms with van der Waals surface area (Å²) in [5.41, 5.74) is 1.32. The first-order chi connectivity index (χ1) is 13.1. The number of ether oxygens (including phenoxy) is 1. The average molecular weight is 408 g/mol. The highest BCUT2D eigenvalue weighted by molar-refractivity contribution is 7.98. The van der Waals surface area contributed by atoms with Crippen LogP contribution in [0.25, 0.3) is 6.08 Å². The molecule has 2 aromatic rings. The number of amides is 1. The number of thioether (sulfide) groups is 1. The normalized spacial score (nSPS) is 10.7. The van der Waals surface area contributed by atoms with E-state index in [1.807, 2.05) is 30.3 Å². The van der Waals surface area contributed by atoms with Crippen LogP contribution < -0.4 is 5.32 Å². The van der Waals surface area contributed by atoms with Gasteiger partial charge in [-0.3, -0.25) is 4.79 Å². The van der Waals surface area contributed by atoms with Crippen molar-refractivity contribution in [3.63, 3.8) is 0 Å². The van der Waals surface area contributed by atoms with Gasteiger partial charge >= 0.3 is 5.97 Å². The lowest BCUT2D eigenvalue weighted by Gasteiger charge is -2.06. The zero-order valence-electron chi connectivity index (χ0n) is 14.5. The Hall–Kier alpha value is -2.31. The lowest BCUT2D eigenvalue weighted by molar-refractivity contribution is -0.143. The Balaban J connectivity index is 1.62. The van der Waals surface area contributed by atoms with Crippen molar-refractivity contribution in [3.05, 3.63) is 76.6 Å². The van der Waals surface area contributed by atoms with E-state index in [9.17, 15) is 14.0 Å². The minimum atomic E-state index is -0.747. The maximum atomic E-state index is 13.6. The smallest absolute Gasteiger partial charge is 0.331 e. The highest BCUT2D eigenvalue weighted by atomic mass is 35.5. The fraction of sp³-hybridized carbons (Fsp3) is 0.200. The van der Waals surface area contributed by atoms with E-state index in [0.29, 0.717) is 6.54 Å². The minimum absolute atomic E-state index is 0.0935. The summed E-state index contributed by atoms with van der Waals surface area (Å²) in [5, 5.41) is 2.86. The van der Waals surface area contributed by atoms with E-state index in [1.165, 1.54) is 29.8 Å². The molecule has 0 unspecified atom stereocenters. The number of nitrogens with one attached hydrogen (secondary N) is 1. The molecule has 4 nitrogen and oxygen atoms in total. The molecule has 0 atom stereocenters. The highest BCUT2D eigenvalue weighted by Gasteiger charge is 2.07. The van der Waals surface area contributed by atoms with E-state index >= 15 is 0 Å². The molecule has 0 saturated heterocycles. The lowest BCUT2D eigenvalue weighted by Crippen LogP contribution is -2.30. The Labute approximate surface area is 166 Å². The lowest BCUT2D eigenvalue weighted by atomic mass is 10.2. The number of hydrogen-bond donors (Lipinski definition) is 1. The van der Waals surface area contributed by atoms with Crippen molar-refractivity contribution >= 4 is 41.3 Å². The molecule has 0 fully saturated rings. The molecule has 2 aromatic carbocycles. The van der Waals surface area contributed by atoms with Gasteiger partial charge in [-0.25, -0.2) is 9.18 Å². The van der Waals surface area contributed by atoms with Crippen LogP contribution in [0.1, 0.15) is 11.1 Å². The molecule has 0 radical (unpaired) electrons. The van der Waals surface area contributed by atoms with Crippen LogP contribution in [0.15, 0.2) is 54.6 Å². The van der Waals surface area contributed by atoms with Crippen LogP contribution in [0.4, 0.5) is 4.39 Å². The summed E-state index contributed by atoms with van der Waals surface area (Å²) in [6, 6.07) is 14.3. The number of benzene rings is 2. The van der Waals surface area contributed by atoms with Crippen LogP contribution in [0.2, 0.25) is 5.02 Å². The first kappa shape index (κ1) is 21.0. The van der Waals surface area contributed by atoms with Gasteiger partial charge in [-0.2, -0.15) is 11.8 Å². The molecule has 142 valence electrons. The number of hydrogen-bond acceptors (Lipinski definition) is 4. The Morgan fingerprint density at radius 3 is 2.67 bits per heavy atom. The topological polar surface area (TPSA) is 55.4 Å². The van der Waals surface area contributed by atoms with Gasteiger partial charge in [0, 0.05) is 29.7 Å². The minimum Gasteiger partial charge on any atom is -0.452 e. The second-order valence-electron chi connectivity index (χ2n) is 5.46. The highest BCUT2D eigenvalue weighted by Crippen LogP contribution is 2.20. The van der Waals surface area contributed by atoms with E-state index in [1.54, 1.807) is 11.8 Å². The van der Waals surface area contributed by atoms with Crippen molar-refractivity contribution in [1.29, 1.82) is 0 Å². The fourth-order valence-corrected chi connectivity index (χ4v) is 3.13. The Kier molecular flexibility index (Phi) is 8.87. The van der Waals surface area contributed by atoms with E-state index < -0.39 is 18.4 Å². The summed E-state index contributed by atoms with van der Waals surface area (Å²) in [5.74, 6) is -0.0590. The van der Waals surface area contributed by atoms with Gasteiger partial charge < -0.3 is 10.1 Å². The zero-order valence-corrected chi connectivity index (χ0v) is 16.1. The monoisotopic (exact) mass is 407 g/mol. The van der Waals surface area contributed by atoms with Crippen LogP contribution in [-0.2, 0) is 20.1 Å². The average Bonchev–Trinajstić information content (AvgIpc) is 2.66. The quantitative estimate of drug-likeness (QED) is 0.386. The molecule has 0 aliphatic carbocycles. The van der Waals surface area contributed by atoms with Gasteiger partial charge in [0.25, 0.3) is 5.91 Å². The predicted octanol–water partition coefficient (Wildman–Crippen LogP) is 4.09. The van der Waals surface area contributed by atoms with Gasteiger partial charge in [-0.05, 0) is 23.8 Å². The fourth-order valence-electron chi connectivity index (χ4n) is 2.08. The van der Waals surface area contributed by atoms with E-state index in [4.69, 9.17) is 16.3 Å².